The van der Waals surface area contributed by atoms with Crippen molar-refractivity contribution in [1.29, 1.82) is 0 Å². The van der Waals surface area contributed by atoms with E-state index in [9.17, 15) is 0 Å². The van der Waals surface area contributed by atoms with Gasteiger partial charge in [0.1, 0.15) is 4.34 Å². The summed E-state index contributed by atoms with van der Waals surface area (Å²) >= 11 is 10.9. The Hall–Kier alpha value is -0.360. The third-order valence-electron chi connectivity index (χ3n) is 2.07. The number of aromatic nitrogens is 2. The van der Waals surface area contributed by atoms with E-state index in [4.69, 9.17) is 11.6 Å². The average Bonchev–Trinajstić information content (AvgIpc) is 2.75. The van der Waals surface area contributed by atoms with Gasteiger partial charge >= 0.3 is 0 Å². The number of halogens is 2. The molecule has 0 unspecified atom stereocenters. The quantitative estimate of drug-likeness (QED) is 0.937. The summed E-state index contributed by atoms with van der Waals surface area (Å²) in [5, 5.41) is 7.61. The molecule has 0 radical (unpaired) electrons. The van der Waals surface area contributed by atoms with Gasteiger partial charge in [0.05, 0.1) is 5.69 Å². The first-order valence-corrected chi connectivity index (χ1v) is 6.77. The van der Waals surface area contributed by atoms with E-state index < -0.39 is 0 Å². The molecule has 1 N–H and O–H groups in total. The van der Waals surface area contributed by atoms with E-state index in [1.165, 1.54) is 4.88 Å². The molecule has 0 aliphatic carbocycles. The SMILES string of the molecule is Cn1ccc(CNCc2cc(Br)c(Cl)s2)n1. The molecule has 0 saturated carbocycles. The number of thiophene rings is 1. The van der Waals surface area contributed by atoms with Gasteiger partial charge in [-0.15, -0.1) is 11.3 Å². The highest BCUT2D eigenvalue weighted by molar-refractivity contribution is 9.10. The molecular formula is C10H11BrClN3S. The molecule has 0 amide bonds. The second-order valence-corrected chi connectivity index (χ2v) is 6.01. The zero-order valence-electron chi connectivity index (χ0n) is 8.70. The number of hydrogen-bond donors (Lipinski definition) is 1. The van der Waals surface area contributed by atoms with E-state index in [1.807, 2.05) is 25.4 Å². The molecule has 0 saturated heterocycles. The number of rotatable bonds is 4. The molecule has 86 valence electrons. The highest BCUT2D eigenvalue weighted by Gasteiger charge is 2.04. The Labute approximate surface area is 112 Å². The third-order valence-corrected chi connectivity index (χ3v) is 4.55. The highest BCUT2D eigenvalue weighted by atomic mass is 79.9. The Kier molecular flexibility index (Phi) is 4.02. The molecule has 0 spiro atoms. The predicted octanol–water partition coefficient (Wildman–Crippen LogP) is 3.19. The first-order chi connectivity index (χ1) is 7.65. The van der Waals surface area contributed by atoms with Crippen LogP contribution in [0, 0.1) is 0 Å². The Morgan fingerprint density at radius 1 is 1.56 bits per heavy atom. The monoisotopic (exact) mass is 319 g/mol. The maximum atomic E-state index is 5.96. The van der Waals surface area contributed by atoms with Crippen LogP contribution in [-0.4, -0.2) is 9.78 Å². The summed E-state index contributed by atoms with van der Waals surface area (Å²) < 4.78 is 3.57. The van der Waals surface area contributed by atoms with Crippen LogP contribution in [0.4, 0.5) is 0 Å². The van der Waals surface area contributed by atoms with Crippen molar-refractivity contribution < 1.29 is 0 Å². The van der Waals surface area contributed by atoms with Gasteiger partial charge in [-0.05, 0) is 28.1 Å². The van der Waals surface area contributed by atoms with E-state index in [0.717, 1.165) is 27.6 Å². The van der Waals surface area contributed by atoms with Crippen LogP contribution < -0.4 is 5.32 Å². The second kappa shape index (κ2) is 5.31. The molecule has 3 nitrogen and oxygen atoms in total. The maximum absolute atomic E-state index is 5.96. The fraction of sp³-hybridized carbons (Fsp3) is 0.300. The summed E-state index contributed by atoms with van der Waals surface area (Å²) in [6.07, 6.45) is 1.94. The number of aryl methyl sites for hydroxylation is 1. The zero-order chi connectivity index (χ0) is 11.5. The highest BCUT2D eigenvalue weighted by Crippen LogP contribution is 2.31. The van der Waals surface area contributed by atoms with Crippen molar-refractivity contribution in [3.8, 4) is 0 Å². The van der Waals surface area contributed by atoms with Crippen molar-refractivity contribution in [3.63, 3.8) is 0 Å². The van der Waals surface area contributed by atoms with Crippen molar-refractivity contribution in [1.82, 2.24) is 15.1 Å². The summed E-state index contributed by atoms with van der Waals surface area (Å²) in [5.74, 6) is 0. The van der Waals surface area contributed by atoms with Gasteiger partial charge in [-0.1, -0.05) is 11.6 Å². The lowest BCUT2D eigenvalue weighted by Gasteiger charge is -1.99. The number of hydrogen-bond acceptors (Lipinski definition) is 3. The van der Waals surface area contributed by atoms with Gasteiger partial charge in [0.25, 0.3) is 0 Å². The molecule has 0 aliphatic rings. The van der Waals surface area contributed by atoms with Gasteiger partial charge in [-0.2, -0.15) is 5.10 Å². The summed E-state index contributed by atoms with van der Waals surface area (Å²) in [5.41, 5.74) is 1.05. The van der Waals surface area contributed by atoms with Gasteiger partial charge in [0.15, 0.2) is 0 Å². The van der Waals surface area contributed by atoms with Crippen LogP contribution in [0.2, 0.25) is 4.34 Å². The Morgan fingerprint density at radius 3 is 2.94 bits per heavy atom. The zero-order valence-corrected chi connectivity index (χ0v) is 11.9. The van der Waals surface area contributed by atoms with Crippen LogP contribution in [0.1, 0.15) is 10.6 Å². The Morgan fingerprint density at radius 2 is 2.38 bits per heavy atom. The van der Waals surface area contributed by atoms with E-state index in [0.29, 0.717) is 0 Å². The van der Waals surface area contributed by atoms with Crippen LogP contribution in [0.25, 0.3) is 0 Å². The Bertz CT molecular complexity index is 461. The van der Waals surface area contributed by atoms with Crippen LogP contribution >= 0.6 is 38.9 Å². The van der Waals surface area contributed by atoms with E-state index in [-0.39, 0.29) is 0 Å². The molecular weight excluding hydrogens is 310 g/mol. The average molecular weight is 321 g/mol. The minimum absolute atomic E-state index is 0.772. The first kappa shape index (κ1) is 12.1. The van der Waals surface area contributed by atoms with Gasteiger partial charge in [0, 0.05) is 35.7 Å². The summed E-state index contributed by atoms with van der Waals surface area (Å²) in [4.78, 5) is 1.22. The van der Waals surface area contributed by atoms with Gasteiger partial charge < -0.3 is 5.32 Å². The molecule has 2 aromatic rings. The van der Waals surface area contributed by atoms with Gasteiger partial charge in [-0.25, -0.2) is 0 Å². The van der Waals surface area contributed by atoms with E-state index in [2.05, 4.69) is 26.3 Å². The molecule has 2 heterocycles. The normalized spacial score (nSPS) is 10.9. The lowest BCUT2D eigenvalue weighted by atomic mass is 10.4. The van der Waals surface area contributed by atoms with Crippen LogP contribution in [0.15, 0.2) is 22.8 Å². The molecule has 2 rings (SSSR count). The molecule has 0 atom stereocenters. The van der Waals surface area contributed by atoms with E-state index >= 15 is 0 Å². The summed E-state index contributed by atoms with van der Waals surface area (Å²) in [6.45, 7) is 1.58. The van der Waals surface area contributed by atoms with Crippen LogP contribution in [0.3, 0.4) is 0 Å². The van der Waals surface area contributed by atoms with Crippen molar-refractivity contribution in [2.75, 3.05) is 0 Å². The van der Waals surface area contributed by atoms with Crippen molar-refractivity contribution in [3.05, 3.63) is 37.7 Å². The fourth-order valence-corrected chi connectivity index (χ4v) is 3.11. The Balaban J connectivity index is 1.84. The summed E-state index contributed by atoms with van der Waals surface area (Å²) in [7, 11) is 1.92. The third kappa shape index (κ3) is 3.07. The maximum Gasteiger partial charge on any atom is 0.107 e. The molecule has 0 fully saturated rings. The predicted molar refractivity (Wildman–Crippen MR) is 70.8 cm³/mol. The fourth-order valence-electron chi connectivity index (χ4n) is 1.35. The van der Waals surface area contributed by atoms with Gasteiger partial charge in [-0.3, -0.25) is 4.68 Å². The molecule has 6 heteroatoms. The first-order valence-electron chi connectivity index (χ1n) is 4.78. The molecule has 2 aromatic heterocycles. The molecule has 0 bridgehead atoms. The minimum Gasteiger partial charge on any atom is -0.306 e. The van der Waals surface area contributed by atoms with Crippen molar-refractivity contribution >= 4 is 38.9 Å². The van der Waals surface area contributed by atoms with Gasteiger partial charge in [0.2, 0.25) is 0 Å². The lowest BCUT2D eigenvalue weighted by Crippen LogP contribution is -2.12. The van der Waals surface area contributed by atoms with E-state index in [1.54, 1.807) is 16.0 Å². The smallest absolute Gasteiger partial charge is 0.107 e. The number of nitrogens with zero attached hydrogens (tertiary/aromatic N) is 2. The van der Waals surface area contributed by atoms with Crippen molar-refractivity contribution in [2.24, 2.45) is 7.05 Å². The lowest BCUT2D eigenvalue weighted by molar-refractivity contribution is 0.661. The standard InChI is InChI=1S/C10H11BrClN3S/c1-15-3-2-7(14-15)5-13-6-8-4-9(11)10(12)16-8/h2-4,13H,5-6H2,1H3. The molecule has 0 aliphatic heterocycles. The minimum atomic E-state index is 0.772. The number of nitrogens with one attached hydrogen (secondary N) is 1. The topological polar surface area (TPSA) is 29.9 Å². The van der Waals surface area contributed by atoms with Crippen LogP contribution in [-0.2, 0) is 20.1 Å². The second-order valence-electron chi connectivity index (χ2n) is 3.42. The van der Waals surface area contributed by atoms with Crippen molar-refractivity contribution in [2.45, 2.75) is 13.1 Å². The summed E-state index contributed by atoms with van der Waals surface area (Å²) in [6, 6.07) is 4.04. The van der Waals surface area contributed by atoms with Crippen LogP contribution in [0.5, 0.6) is 0 Å². The largest absolute Gasteiger partial charge is 0.306 e. The molecule has 16 heavy (non-hydrogen) atoms. The molecule has 0 aromatic carbocycles.